The molecule has 0 unspecified atom stereocenters. The largest absolute Gasteiger partial charge is 0.467 e. The zero-order chi connectivity index (χ0) is 18.2. The first kappa shape index (κ1) is 21.2. The van der Waals surface area contributed by atoms with Crippen LogP contribution in [0.1, 0.15) is 41.0 Å². The van der Waals surface area contributed by atoms with E-state index in [1.807, 2.05) is 0 Å². The molecule has 0 aromatic heterocycles. The number of methoxy groups -OCH3 is 1. The van der Waals surface area contributed by atoms with Crippen LogP contribution in [0.15, 0.2) is 0 Å². The molecule has 0 aliphatic rings. The molecule has 3 N–H and O–H groups in total. The topological polar surface area (TPSA) is 114 Å². The third kappa shape index (κ3) is 9.02. The molecular weight excluding hydrogens is 304 g/mol. The second-order valence-corrected chi connectivity index (χ2v) is 6.45. The molecule has 0 rings (SSSR count). The van der Waals surface area contributed by atoms with Crippen LogP contribution in [-0.2, 0) is 19.1 Å². The monoisotopic (exact) mass is 332 g/mol. The molecular formula is C15H28N2O6. The maximum Gasteiger partial charge on any atom is 0.407 e. The van der Waals surface area contributed by atoms with Gasteiger partial charge in [0.15, 0.2) is 6.04 Å². The molecule has 0 bridgehead atoms. The lowest BCUT2D eigenvalue weighted by atomic mass is 10.0. The van der Waals surface area contributed by atoms with E-state index in [9.17, 15) is 14.4 Å². The van der Waals surface area contributed by atoms with Crippen LogP contribution in [0.4, 0.5) is 4.79 Å². The molecule has 134 valence electrons. The molecule has 3 atom stereocenters. The molecule has 0 aromatic carbocycles. The zero-order valence-corrected chi connectivity index (χ0v) is 14.6. The van der Waals surface area contributed by atoms with Gasteiger partial charge >= 0.3 is 12.1 Å². The highest BCUT2D eigenvalue weighted by Crippen LogP contribution is 2.10. The number of rotatable bonds is 7. The van der Waals surface area contributed by atoms with Gasteiger partial charge in [-0.1, -0.05) is 6.92 Å². The number of aliphatic hydroxyl groups excluding tert-OH is 1. The summed E-state index contributed by atoms with van der Waals surface area (Å²) in [6.45, 7) is 8.14. The van der Waals surface area contributed by atoms with Gasteiger partial charge in [-0.15, -0.1) is 0 Å². The Morgan fingerprint density at radius 1 is 1.13 bits per heavy atom. The van der Waals surface area contributed by atoms with Crippen molar-refractivity contribution < 1.29 is 29.0 Å². The summed E-state index contributed by atoms with van der Waals surface area (Å²) in [7, 11) is 1.17. The van der Waals surface area contributed by atoms with Crippen LogP contribution in [-0.4, -0.2) is 54.5 Å². The number of esters is 1. The predicted molar refractivity (Wildman–Crippen MR) is 83.6 cm³/mol. The van der Waals surface area contributed by atoms with Crippen LogP contribution in [0.3, 0.4) is 0 Å². The fraction of sp³-hybridized carbons (Fsp3) is 0.800. The number of nitrogens with one attached hydrogen (secondary N) is 2. The number of alkyl carbamates (subject to hydrolysis) is 1. The van der Waals surface area contributed by atoms with Gasteiger partial charge in [-0.05, 0) is 34.1 Å². The number of ether oxygens (including phenoxy) is 2. The van der Waals surface area contributed by atoms with Crippen molar-refractivity contribution in [2.24, 2.45) is 5.92 Å². The third-order valence-corrected chi connectivity index (χ3v) is 2.90. The van der Waals surface area contributed by atoms with Crippen molar-refractivity contribution in [2.75, 3.05) is 13.7 Å². The Labute approximate surface area is 136 Å². The van der Waals surface area contributed by atoms with Crippen molar-refractivity contribution in [1.82, 2.24) is 10.6 Å². The Hall–Kier alpha value is -1.83. The Morgan fingerprint density at radius 2 is 1.70 bits per heavy atom. The number of aliphatic hydroxyl groups is 1. The minimum atomic E-state index is -1.09. The van der Waals surface area contributed by atoms with E-state index >= 15 is 0 Å². The highest BCUT2D eigenvalue weighted by molar-refractivity contribution is 5.85. The number of carbonyl (C=O) groups excluding carboxylic acids is 3. The first-order valence-corrected chi connectivity index (χ1v) is 7.48. The van der Waals surface area contributed by atoms with Gasteiger partial charge in [-0.2, -0.15) is 0 Å². The van der Waals surface area contributed by atoms with E-state index in [1.54, 1.807) is 34.6 Å². The van der Waals surface area contributed by atoms with E-state index in [2.05, 4.69) is 15.4 Å². The van der Waals surface area contributed by atoms with Gasteiger partial charge in [0.05, 0.1) is 13.7 Å². The summed E-state index contributed by atoms with van der Waals surface area (Å²) < 4.78 is 9.61. The lowest BCUT2D eigenvalue weighted by Gasteiger charge is -2.23. The molecule has 0 saturated carbocycles. The van der Waals surface area contributed by atoms with Crippen molar-refractivity contribution in [3.05, 3.63) is 0 Å². The van der Waals surface area contributed by atoms with Gasteiger partial charge in [0, 0.05) is 12.0 Å². The highest BCUT2D eigenvalue weighted by atomic mass is 16.6. The lowest BCUT2D eigenvalue weighted by Crippen LogP contribution is -2.47. The second-order valence-electron chi connectivity index (χ2n) is 6.45. The molecule has 0 radical (unpaired) electrons. The first-order valence-electron chi connectivity index (χ1n) is 7.48. The number of amides is 2. The summed E-state index contributed by atoms with van der Waals surface area (Å²) >= 11 is 0. The average Bonchev–Trinajstić information content (AvgIpc) is 2.40. The van der Waals surface area contributed by atoms with Crippen LogP contribution in [0, 0.1) is 5.92 Å². The van der Waals surface area contributed by atoms with Gasteiger partial charge in [0.2, 0.25) is 5.91 Å². The number of hydrogen-bond donors (Lipinski definition) is 3. The van der Waals surface area contributed by atoms with Crippen molar-refractivity contribution in [2.45, 2.75) is 58.7 Å². The summed E-state index contributed by atoms with van der Waals surface area (Å²) in [6, 6.07) is -1.39. The predicted octanol–water partition coefficient (Wildman–Crippen LogP) is 0.576. The van der Waals surface area contributed by atoms with E-state index in [-0.39, 0.29) is 6.04 Å². The van der Waals surface area contributed by atoms with Crippen molar-refractivity contribution >= 4 is 18.0 Å². The molecule has 0 saturated heterocycles. The lowest BCUT2D eigenvalue weighted by molar-refractivity contribution is -0.146. The Morgan fingerprint density at radius 3 is 2.13 bits per heavy atom. The minimum absolute atomic E-state index is 0.295. The smallest absolute Gasteiger partial charge is 0.407 e. The Balaban J connectivity index is 4.40. The Kier molecular flexibility index (Phi) is 8.60. The van der Waals surface area contributed by atoms with Crippen LogP contribution >= 0.6 is 0 Å². The van der Waals surface area contributed by atoms with Crippen molar-refractivity contribution in [3.63, 3.8) is 0 Å². The van der Waals surface area contributed by atoms with Gasteiger partial charge in [-0.3, -0.25) is 4.79 Å². The molecule has 0 aliphatic carbocycles. The maximum atomic E-state index is 12.0. The summed E-state index contributed by atoms with van der Waals surface area (Å²) in [5.41, 5.74) is -0.596. The summed E-state index contributed by atoms with van der Waals surface area (Å²) in [6.07, 6.45) is -0.204. The van der Waals surface area contributed by atoms with Crippen molar-refractivity contribution in [1.29, 1.82) is 0 Å². The SMILES string of the molecule is COC(=O)[C@H](CO)NC(=O)[C@@H](C)C[C@H](C)NC(=O)OC(C)(C)C. The summed E-state index contributed by atoms with van der Waals surface area (Å²) in [5.74, 6) is -1.60. The van der Waals surface area contributed by atoms with E-state index in [4.69, 9.17) is 9.84 Å². The Bertz CT molecular complexity index is 419. The molecule has 0 fully saturated rings. The zero-order valence-electron chi connectivity index (χ0n) is 14.6. The molecule has 8 nitrogen and oxygen atoms in total. The van der Waals surface area contributed by atoms with E-state index in [1.165, 1.54) is 7.11 Å². The molecule has 0 aromatic rings. The van der Waals surface area contributed by atoms with Gasteiger partial charge < -0.3 is 25.2 Å². The van der Waals surface area contributed by atoms with E-state index < -0.39 is 42.1 Å². The van der Waals surface area contributed by atoms with Crippen molar-refractivity contribution in [3.8, 4) is 0 Å². The maximum absolute atomic E-state index is 12.0. The van der Waals surface area contributed by atoms with Crippen LogP contribution < -0.4 is 10.6 Å². The van der Waals surface area contributed by atoms with Gasteiger partial charge in [-0.25, -0.2) is 9.59 Å². The molecule has 0 aliphatic heterocycles. The third-order valence-electron chi connectivity index (χ3n) is 2.90. The van der Waals surface area contributed by atoms with Gasteiger partial charge in [0.1, 0.15) is 5.60 Å². The molecule has 23 heavy (non-hydrogen) atoms. The van der Waals surface area contributed by atoms with E-state index in [0.29, 0.717) is 6.42 Å². The molecule has 2 amide bonds. The second kappa shape index (κ2) is 9.34. The fourth-order valence-corrected chi connectivity index (χ4v) is 1.84. The van der Waals surface area contributed by atoms with Crippen LogP contribution in [0.2, 0.25) is 0 Å². The van der Waals surface area contributed by atoms with Crippen LogP contribution in [0.5, 0.6) is 0 Å². The number of hydrogen-bond acceptors (Lipinski definition) is 6. The normalized spacial score (nSPS) is 15.1. The molecule has 0 heterocycles. The van der Waals surface area contributed by atoms with Gasteiger partial charge in [0.25, 0.3) is 0 Å². The standard InChI is InChI=1S/C15H28N2O6/c1-9(12(19)17-11(8-18)13(20)22-6)7-10(2)16-14(21)23-15(3,4)5/h9-11,18H,7-8H2,1-6H3,(H,16,21)(H,17,19)/t9-,10-,11-/m0/s1. The van der Waals surface area contributed by atoms with E-state index in [0.717, 1.165) is 0 Å². The number of carbonyl (C=O) groups is 3. The van der Waals surface area contributed by atoms with Crippen LogP contribution in [0.25, 0.3) is 0 Å². The molecule has 8 heteroatoms. The quantitative estimate of drug-likeness (QED) is 0.588. The average molecular weight is 332 g/mol. The molecule has 0 spiro atoms. The summed E-state index contributed by atoms with van der Waals surface area (Å²) in [5, 5.41) is 14.1. The summed E-state index contributed by atoms with van der Waals surface area (Å²) in [4.78, 5) is 35.0. The fourth-order valence-electron chi connectivity index (χ4n) is 1.84. The minimum Gasteiger partial charge on any atom is -0.467 e. The first-order chi connectivity index (χ1) is 10.5. The highest BCUT2D eigenvalue weighted by Gasteiger charge is 2.25.